The number of ether oxygens (including phenoxy) is 2. The standard InChI is InChI=1S/C18H26FN3O3/c1-14(12-25-15-6-11-24-13-15)20-18(23)22-9-7-21(8-10-22)17-5-3-2-4-16(17)19/h2-5,14-15H,6-13H2,1H3,(H,20,23). The lowest BCUT2D eigenvalue weighted by molar-refractivity contribution is 0.0330. The number of carbonyl (C=O) groups excluding carboxylic acids is 1. The third-order valence-corrected chi connectivity index (χ3v) is 4.60. The minimum atomic E-state index is -0.220. The molecule has 1 aromatic rings. The Morgan fingerprint density at radius 3 is 2.80 bits per heavy atom. The largest absolute Gasteiger partial charge is 0.379 e. The average Bonchev–Trinajstić information content (AvgIpc) is 3.14. The molecule has 25 heavy (non-hydrogen) atoms. The molecule has 1 N–H and O–H groups in total. The number of halogens is 1. The highest BCUT2D eigenvalue weighted by molar-refractivity contribution is 5.75. The lowest BCUT2D eigenvalue weighted by Crippen LogP contribution is -2.54. The van der Waals surface area contributed by atoms with Crippen molar-refractivity contribution in [3.05, 3.63) is 30.1 Å². The molecule has 0 aromatic heterocycles. The Bertz CT molecular complexity index is 572. The predicted molar refractivity (Wildman–Crippen MR) is 93.4 cm³/mol. The molecule has 2 atom stereocenters. The molecule has 2 fully saturated rings. The summed E-state index contributed by atoms with van der Waals surface area (Å²) in [7, 11) is 0. The molecule has 2 aliphatic rings. The molecule has 1 aromatic carbocycles. The van der Waals surface area contributed by atoms with Crippen LogP contribution in [0, 0.1) is 5.82 Å². The first kappa shape index (κ1) is 17.9. The summed E-state index contributed by atoms with van der Waals surface area (Å²) >= 11 is 0. The zero-order valence-corrected chi connectivity index (χ0v) is 14.6. The van der Waals surface area contributed by atoms with E-state index in [1.165, 1.54) is 6.07 Å². The monoisotopic (exact) mass is 351 g/mol. The maximum Gasteiger partial charge on any atom is 0.317 e. The first-order valence-electron chi connectivity index (χ1n) is 8.88. The van der Waals surface area contributed by atoms with Gasteiger partial charge in [-0.05, 0) is 25.5 Å². The van der Waals surface area contributed by atoms with E-state index < -0.39 is 0 Å². The number of hydrogen-bond acceptors (Lipinski definition) is 4. The summed E-state index contributed by atoms with van der Waals surface area (Å²) in [5, 5.41) is 2.97. The van der Waals surface area contributed by atoms with E-state index >= 15 is 0 Å². The van der Waals surface area contributed by atoms with E-state index in [9.17, 15) is 9.18 Å². The third-order valence-electron chi connectivity index (χ3n) is 4.60. The molecule has 6 nitrogen and oxygen atoms in total. The van der Waals surface area contributed by atoms with Crippen LogP contribution in [0.1, 0.15) is 13.3 Å². The SMILES string of the molecule is CC(COC1CCOC1)NC(=O)N1CCN(c2ccccc2F)CC1. The topological polar surface area (TPSA) is 54.0 Å². The van der Waals surface area contributed by atoms with Gasteiger partial charge in [-0.25, -0.2) is 9.18 Å². The second kappa shape index (κ2) is 8.49. The number of nitrogens with zero attached hydrogens (tertiary/aromatic N) is 2. The number of amides is 2. The van der Waals surface area contributed by atoms with Gasteiger partial charge in [-0.3, -0.25) is 0 Å². The van der Waals surface area contributed by atoms with Crippen LogP contribution < -0.4 is 10.2 Å². The summed E-state index contributed by atoms with van der Waals surface area (Å²) in [4.78, 5) is 16.1. The second-order valence-corrected chi connectivity index (χ2v) is 6.59. The molecular formula is C18H26FN3O3. The first-order chi connectivity index (χ1) is 12.1. The summed E-state index contributed by atoms with van der Waals surface area (Å²) in [6.07, 6.45) is 1.06. The van der Waals surface area contributed by atoms with Gasteiger partial charge in [-0.2, -0.15) is 0 Å². The van der Waals surface area contributed by atoms with E-state index in [-0.39, 0.29) is 24.0 Å². The van der Waals surface area contributed by atoms with E-state index in [0.717, 1.165) is 13.0 Å². The third kappa shape index (κ3) is 4.83. The number of hydrogen-bond donors (Lipinski definition) is 1. The lowest BCUT2D eigenvalue weighted by atomic mass is 10.2. The highest BCUT2D eigenvalue weighted by Gasteiger charge is 2.24. The van der Waals surface area contributed by atoms with E-state index in [2.05, 4.69) is 5.32 Å². The van der Waals surface area contributed by atoms with Gasteiger partial charge in [0.2, 0.25) is 0 Å². The lowest BCUT2D eigenvalue weighted by Gasteiger charge is -2.36. The van der Waals surface area contributed by atoms with Crippen molar-refractivity contribution in [1.82, 2.24) is 10.2 Å². The van der Waals surface area contributed by atoms with Gasteiger partial charge >= 0.3 is 6.03 Å². The molecule has 0 bridgehead atoms. The molecule has 0 spiro atoms. The number of nitrogens with one attached hydrogen (secondary N) is 1. The van der Waals surface area contributed by atoms with Crippen molar-refractivity contribution < 1.29 is 18.7 Å². The number of carbonyl (C=O) groups is 1. The van der Waals surface area contributed by atoms with Crippen LogP contribution in [0.5, 0.6) is 0 Å². The van der Waals surface area contributed by atoms with E-state index in [4.69, 9.17) is 9.47 Å². The molecule has 2 unspecified atom stereocenters. The van der Waals surface area contributed by atoms with Gasteiger partial charge in [0.15, 0.2) is 0 Å². The Hall–Kier alpha value is -1.86. The number of anilines is 1. The van der Waals surface area contributed by atoms with Crippen molar-refractivity contribution in [2.24, 2.45) is 0 Å². The molecule has 7 heteroatoms. The fraction of sp³-hybridized carbons (Fsp3) is 0.611. The predicted octanol–water partition coefficient (Wildman–Crippen LogP) is 1.85. The average molecular weight is 351 g/mol. The molecule has 0 radical (unpaired) electrons. The molecule has 2 saturated heterocycles. The van der Waals surface area contributed by atoms with Gasteiger partial charge in [0, 0.05) is 32.8 Å². The van der Waals surface area contributed by atoms with Gasteiger partial charge in [0.25, 0.3) is 0 Å². The van der Waals surface area contributed by atoms with Gasteiger partial charge in [0.05, 0.1) is 31.0 Å². The van der Waals surface area contributed by atoms with Crippen LogP contribution in [-0.2, 0) is 9.47 Å². The maximum absolute atomic E-state index is 13.9. The van der Waals surface area contributed by atoms with Crippen LogP contribution in [0.4, 0.5) is 14.9 Å². The Morgan fingerprint density at radius 2 is 2.12 bits per heavy atom. The van der Waals surface area contributed by atoms with Gasteiger partial charge < -0.3 is 24.6 Å². The minimum absolute atomic E-state index is 0.0577. The summed E-state index contributed by atoms with van der Waals surface area (Å²) in [6, 6.07) is 6.60. The summed E-state index contributed by atoms with van der Waals surface area (Å²) < 4.78 is 24.9. The van der Waals surface area contributed by atoms with E-state index in [1.54, 1.807) is 17.0 Å². The van der Waals surface area contributed by atoms with Crippen LogP contribution in [0.3, 0.4) is 0 Å². The fourth-order valence-electron chi connectivity index (χ4n) is 3.13. The highest BCUT2D eigenvalue weighted by Crippen LogP contribution is 2.20. The smallest absolute Gasteiger partial charge is 0.317 e. The Morgan fingerprint density at radius 1 is 1.36 bits per heavy atom. The van der Waals surface area contributed by atoms with Crippen LogP contribution in [0.2, 0.25) is 0 Å². The van der Waals surface area contributed by atoms with E-state index in [0.29, 0.717) is 45.1 Å². The molecule has 0 aliphatic carbocycles. The number of piperazine rings is 1. The van der Waals surface area contributed by atoms with Crippen LogP contribution in [0.15, 0.2) is 24.3 Å². The molecule has 2 aliphatic heterocycles. The van der Waals surface area contributed by atoms with Gasteiger partial charge in [-0.15, -0.1) is 0 Å². The summed E-state index contributed by atoms with van der Waals surface area (Å²) in [6.45, 7) is 6.19. The Labute approximate surface area is 147 Å². The van der Waals surface area contributed by atoms with Crippen LogP contribution in [0.25, 0.3) is 0 Å². The number of para-hydroxylation sites is 1. The Kier molecular flexibility index (Phi) is 6.09. The molecule has 138 valence electrons. The van der Waals surface area contributed by atoms with Crippen molar-refractivity contribution in [2.45, 2.75) is 25.5 Å². The van der Waals surface area contributed by atoms with Crippen molar-refractivity contribution >= 4 is 11.7 Å². The normalized spacial score (nSPS) is 22.1. The zero-order valence-electron chi connectivity index (χ0n) is 14.6. The van der Waals surface area contributed by atoms with Crippen molar-refractivity contribution in [2.75, 3.05) is 50.9 Å². The summed E-state index contributed by atoms with van der Waals surface area (Å²) in [5.41, 5.74) is 0.600. The molecule has 2 heterocycles. The highest BCUT2D eigenvalue weighted by atomic mass is 19.1. The maximum atomic E-state index is 13.9. The second-order valence-electron chi connectivity index (χ2n) is 6.59. The number of benzene rings is 1. The first-order valence-corrected chi connectivity index (χ1v) is 8.88. The Balaban J connectivity index is 1.41. The molecule has 3 rings (SSSR count). The van der Waals surface area contributed by atoms with Crippen LogP contribution >= 0.6 is 0 Å². The molecular weight excluding hydrogens is 325 g/mol. The number of urea groups is 1. The van der Waals surface area contributed by atoms with E-state index in [1.807, 2.05) is 17.9 Å². The fourth-order valence-corrected chi connectivity index (χ4v) is 3.13. The van der Waals surface area contributed by atoms with Crippen molar-refractivity contribution in [1.29, 1.82) is 0 Å². The zero-order chi connectivity index (χ0) is 17.6. The minimum Gasteiger partial charge on any atom is -0.379 e. The van der Waals surface area contributed by atoms with Crippen LogP contribution in [-0.4, -0.2) is 69.1 Å². The number of rotatable bonds is 5. The quantitative estimate of drug-likeness (QED) is 0.880. The molecule has 0 saturated carbocycles. The van der Waals surface area contributed by atoms with Gasteiger partial charge in [-0.1, -0.05) is 12.1 Å². The van der Waals surface area contributed by atoms with Gasteiger partial charge in [0.1, 0.15) is 5.82 Å². The van der Waals surface area contributed by atoms with Crippen molar-refractivity contribution in [3.63, 3.8) is 0 Å². The van der Waals surface area contributed by atoms with Crippen molar-refractivity contribution in [3.8, 4) is 0 Å². The summed E-state index contributed by atoms with van der Waals surface area (Å²) in [5.74, 6) is -0.220. The molecule has 2 amide bonds.